The Bertz CT molecular complexity index is 595. The third-order valence-electron chi connectivity index (χ3n) is 2.36. The zero-order chi connectivity index (χ0) is 10.3. The van der Waals surface area contributed by atoms with Crippen LogP contribution in [0.3, 0.4) is 0 Å². The van der Waals surface area contributed by atoms with E-state index in [1.54, 1.807) is 11.3 Å². The Kier molecular flexibility index (Phi) is 1.76. The number of nitrogen functional groups attached to an aromatic ring is 1. The van der Waals surface area contributed by atoms with E-state index in [1.807, 2.05) is 40.2 Å². The number of fused-ring (bicyclic) bond motifs is 1. The van der Waals surface area contributed by atoms with Crippen molar-refractivity contribution in [2.24, 2.45) is 0 Å². The van der Waals surface area contributed by atoms with Crippen LogP contribution in [0, 0.1) is 0 Å². The molecule has 3 heterocycles. The van der Waals surface area contributed by atoms with Gasteiger partial charge in [0.1, 0.15) is 17.2 Å². The number of hydrogen-bond donors (Lipinski definition) is 1. The molecule has 3 nitrogen and oxygen atoms in total. The summed E-state index contributed by atoms with van der Waals surface area (Å²) in [5, 5.41) is 4.08. The fraction of sp³-hybridized carbons (Fsp3) is 0. The number of nitrogens with two attached hydrogens (primary N) is 1. The zero-order valence-electron chi connectivity index (χ0n) is 7.92. The van der Waals surface area contributed by atoms with Crippen molar-refractivity contribution in [3.05, 3.63) is 41.2 Å². The highest BCUT2D eigenvalue weighted by molar-refractivity contribution is 7.08. The zero-order valence-corrected chi connectivity index (χ0v) is 8.74. The van der Waals surface area contributed by atoms with Gasteiger partial charge >= 0.3 is 0 Å². The number of rotatable bonds is 1. The van der Waals surface area contributed by atoms with Crippen LogP contribution in [-0.4, -0.2) is 9.38 Å². The first kappa shape index (κ1) is 8.49. The van der Waals surface area contributed by atoms with Gasteiger partial charge in [-0.05, 0) is 23.6 Å². The van der Waals surface area contributed by atoms with Crippen molar-refractivity contribution in [3.8, 4) is 11.3 Å². The summed E-state index contributed by atoms with van der Waals surface area (Å²) in [5.41, 5.74) is 8.87. The molecule has 0 aliphatic rings. The summed E-state index contributed by atoms with van der Waals surface area (Å²) < 4.78 is 1.90. The second-order valence-electron chi connectivity index (χ2n) is 3.29. The number of hydrogen-bond acceptors (Lipinski definition) is 3. The molecule has 0 fully saturated rings. The summed E-state index contributed by atoms with van der Waals surface area (Å²) in [7, 11) is 0. The van der Waals surface area contributed by atoms with Gasteiger partial charge in [-0.15, -0.1) is 0 Å². The maximum atomic E-state index is 6.04. The summed E-state index contributed by atoms with van der Waals surface area (Å²) in [6.07, 6.45) is 1.92. The molecule has 0 amide bonds. The average Bonchev–Trinajstić information content (AvgIpc) is 2.87. The average molecular weight is 215 g/mol. The number of aromatic nitrogens is 2. The van der Waals surface area contributed by atoms with Crippen LogP contribution in [-0.2, 0) is 0 Å². The van der Waals surface area contributed by atoms with Gasteiger partial charge < -0.3 is 5.73 Å². The van der Waals surface area contributed by atoms with Crippen LogP contribution in [0.1, 0.15) is 0 Å². The molecule has 15 heavy (non-hydrogen) atoms. The van der Waals surface area contributed by atoms with Gasteiger partial charge in [-0.1, -0.05) is 6.07 Å². The Morgan fingerprint density at radius 2 is 2.20 bits per heavy atom. The van der Waals surface area contributed by atoms with Crippen LogP contribution in [0.15, 0.2) is 41.2 Å². The summed E-state index contributed by atoms with van der Waals surface area (Å²) in [6.45, 7) is 0. The van der Waals surface area contributed by atoms with Gasteiger partial charge in [0.15, 0.2) is 0 Å². The predicted molar refractivity (Wildman–Crippen MR) is 62.9 cm³/mol. The first-order valence-corrected chi connectivity index (χ1v) is 5.55. The molecule has 0 atom stereocenters. The molecule has 0 bridgehead atoms. The van der Waals surface area contributed by atoms with E-state index in [9.17, 15) is 0 Å². The second-order valence-corrected chi connectivity index (χ2v) is 4.07. The van der Waals surface area contributed by atoms with E-state index < -0.39 is 0 Å². The van der Waals surface area contributed by atoms with Gasteiger partial charge in [-0.3, -0.25) is 4.40 Å². The molecule has 0 aliphatic heterocycles. The number of anilines is 1. The van der Waals surface area contributed by atoms with Crippen LogP contribution in [0.4, 0.5) is 5.82 Å². The SMILES string of the molecule is Nc1c(-c2ccsc2)nc2ccccn12. The lowest BCUT2D eigenvalue weighted by molar-refractivity contribution is 1.20. The van der Waals surface area contributed by atoms with E-state index in [0.717, 1.165) is 16.9 Å². The fourth-order valence-electron chi connectivity index (χ4n) is 1.63. The van der Waals surface area contributed by atoms with E-state index in [1.165, 1.54) is 0 Å². The molecule has 0 aliphatic carbocycles. The largest absolute Gasteiger partial charge is 0.383 e. The highest BCUT2D eigenvalue weighted by Crippen LogP contribution is 2.27. The van der Waals surface area contributed by atoms with Gasteiger partial charge in [-0.25, -0.2) is 4.98 Å². The van der Waals surface area contributed by atoms with Gasteiger partial charge in [0.25, 0.3) is 0 Å². The van der Waals surface area contributed by atoms with Crippen molar-refractivity contribution >= 4 is 22.8 Å². The number of imidazole rings is 1. The molecule has 0 radical (unpaired) electrons. The smallest absolute Gasteiger partial charge is 0.139 e. The summed E-state index contributed by atoms with van der Waals surface area (Å²) in [5.74, 6) is 0.698. The quantitative estimate of drug-likeness (QED) is 0.678. The van der Waals surface area contributed by atoms with E-state index >= 15 is 0 Å². The van der Waals surface area contributed by atoms with E-state index in [0.29, 0.717) is 5.82 Å². The third-order valence-corrected chi connectivity index (χ3v) is 3.04. The van der Waals surface area contributed by atoms with E-state index in [-0.39, 0.29) is 0 Å². The molecule has 0 spiro atoms. The molecule has 0 saturated carbocycles. The molecule has 3 rings (SSSR count). The molecule has 3 aromatic rings. The maximum Gasteiger partial charge on any atom is 0.139 e. The van der Waals surface area contributed by atoms with Crippen LogP contribution >= 0.6 is 11.3 Å². The van der Waals surface area contributed by atoms with Crippen molar-refractivity contribution < 1.29 is 0 Å². The Labute approximate surface area is 90.8 Å². The molecular weight excluding hydrogens is 206 g/mol. The van der Waals surface area contributed by atoms with Crippen LogP contribution < -0.4 is 5.73 Å². The van der Waals surface area contributed by atoms with E-state index in [2.05, 4.69) is 10.4 Å². The van der Waals surface area contributed by atoms with Crippen LogP contribution in [0.2, 0.25) is 0 Å². The normalized spacial score (nSPS) is 10.9. The Hall–Kier alpha value is -1.81. The minimum absolute atomic E-state index is 0.698. The Morgan fingerprint density at radius 1 is 1.27 bits per heavy atom. The molecule has 0 unspecified atom stereocenters. The second kappa shape index (κ2) is 3.10. The van der Waals surface area contributed by atoms with Gasteiger partial charge in [0.05, 0.1) is 0 Å². The molecular formula is C11H9N3S. The molecule has 4 heteroatoms. The lowest BCUT2D eigenvalue weighted by Crippen LogP contribution is -1.92. The summed E-state index contributed by atoms with van der Waals surface area (Å²) >= 11 is 1.65. The van der Waals surface area contributed by atoms with Crippen molar-refractivity contribution in [3.63, 3.8) is 0 Å². The number of thiophene rings is 1. The highest BCUT2D eigenvalue weighted by atomic mass is 32.1. The molecule has 0 saturated heterocycles. The summed E-state index contributed by atoms with van der Waals surface area (Å²) in [4.78, 5) is 4.50. The monoisotopic (exact) mass is 215 g/mol. The number of nitrogens with zero attached hydrogens (tertiary/aromatic N) is 2. The lowest BCUT2D eigenvalue weighted by Gasteiger charge is -1.95. The Balaban J connectivity index is 2.33. The van der Waals surface area contributed by atoms with Crippen molar-refractivity contribution in [1.29, 1.82) is 0 Å². The van der Waals surface area contributed by atoms with Crippen molar-refractivity contribution in [2.75, 3.05) is 5.73 Å². The third kappa shape index (κ3) is 1.22. The van der Waals surface area contributed by atoms with Gasteiger partial charge in [0.2, 0.25) is 0 Å². The fourth-order valence-corrected chi connectivity index (χ4v) is 2.27. The van der Waals surface area contributed by atoms with Crippen LogP contribution in [0.25, 0.3) is 16.9 Å². The Morgan fingerprint density at radius 3 is 2.93 bits per heavy atom. The van der Waals surface area contributed by atoms with Gasteiger partial charge in [-0.2, -0.15) is 11.3 Å². The molecule has 0 aromatic carbocycles. The number of pyridine rings is 1. The highest BCUT2D eigenvalue weighted by Gasteiger charge is 2.10. The standard InChI is InChI=1S/C11H9N3S/c12-11-10(8-4-6-15-7-8)13-9-3-1-2-5-14(9)11/h1-7H,12H2. The minimum atomic E-state index is 0.698. The van der Waals surface area contributed by atoms with E-state index in [4.69, 9.17) is 5.73 Å². The molecule has 2 N–H and O–H groups in total. The van der Waals surface area contributed by atoms with Gasteiger partial charge in [0, 0.05) is 17.1 Å². The molecule has 3 aromatic heterocycles. The lowest BCUT2D eigenvalue weighted by atomic mass is 10.2. The first-order valence-electron chi connectivity index (χ1n) is 4.61. The first-order chi connectivity index (χ1) is 7.36. The maximum absolute atomic E-state index is 6.04. The predicted octanol–water partition coefficient (Wildman–Crippen LogP) is 2.65. The van der Waals surface area contributed by atoms with Crippen LogP contribution in [0.5, 0.6) is 0 Å². The minimum Gasteiger partial charge on any atom is -0.383 e. The van der Waals surface area contributed by atoms with Crippen molar-refractivity contribution in [1.82, 2.24) is 9.38 Å². The topological polar surface area (TPSA) is 43.3 Å². The molecule has 74 valence electrons. The van der Waals surface area contributed by atoms with Crippen molar-refractivity contribution in [2.45, 2.75) is 0 Å². The summed E-state index contributed by atoms with van der Waals surface area (Å²) in [6, 6.07) is 7.89.